The Kier molecular flexibility index (Phi) is 7.40. The summed E-state index contributed by atoms with van der Waals surface area (Å²) in [7, 11) is 1.75. The van der Waals surface area contributed by atoms with E-state index in [-0.39, 0.29) is 5.82 Å². The minimum atomic E-state index is -0.195. The van der Waals surface area contributed by atoms with Crippen molar-refractivity contribution in [2.45, 2.75) is 33.0 Å². The van der Waals surface area contributed by atoms with Crippen LogP contribution in [0.4, 0.5) is 4.39 Å². The number of aromatic nitrogens is 1. The van der Waals surface area contributed by atoms with Gasteiger partial charge in [-0.05, 0) is 48.7 Å². The van der Waals surface area contributed by atoms with E-state index in [1.54, 1.807) is 7.11 Å². The topological polar surface area (TPSA) is 17.4 Å². The van der Waals surface area contributed by atoms with Crippen molar-refractivity contribution in [3.63, 3.8) is 0 Å². The average molecular weight is 381 g/mol. The summed E-state index contributed by atoms with van der Waals surface area (Å²) in [5, 5.41) is 0. The smallest absolute Gasteiger partial charge is 0.123 e. The van der Waals surface area contributed by atoms with Crippen LogP contribution in [-0.4, -0.2) is 29.7 Å². The van der Waals surface area contributed by atoms with Crippen LogP contribution in [0.1, 0.15) is 28.8 Å². The fraction of sp³-hybridized carbons (Fsp3) is 0.333. The molecule has 1 aromatic heterocycles. The van der Waals surface area contributed by atoms with E-state index in [2.05, 4.69) is 59.0 Å². The predicted molar refractivity (Wildman–Crippen MR) is 112 cm³/mol. The van der Waals surface area contributed by atoms with Crippen molar-refractivity contribution < 1.29 is 9.13 Å². The van der Waals surface area contributed by atoms with Gasteiger partial charge in [-0.15, -0.1) is 0 Å². The van der Waals surface area contributed by atoms with Crippen LogP contribution in [0.3, 0.4) is 0 Å². The number of hydrogen-bond donors (Lipinski definition) is 0. The molecule has 4 heteroatoms. The van der Waals surface area contributed by atoms with Crippen molar-refractivity contribution in [3.8, 4) is 0 Å². The molecule has 2 aromatic carbocycles. The summed E-state index contributed by atoms with van der Waals surface area (Å²) in [6.07, 6.45) is 3.10. The van der Waals surface area contributed by atoms with Gasteiger partial charge in [-0.1, -0.05) is 42.0 Å². The van der Waals surface area contributed by atoms with Crippen LogP contribution in [-0.2, 0) is 24.4 Å². The highest BCUT2D eigenvalue weighted by Crippen LogP contribution is 2.15. The number of nitrogens with zero attached hydrogens (tertiary/aromatic N) is 2. The summed E-state index contributed by atoms with van der Waals surface area (Å²) in [5.74, 6) is -0.195. The molecule has 0 aliphatic heterocycles. The predicted octanol–water partition coefficient (Wildman–Crippen LogP) is 5.02. The third-order valence-corrected chi connectivity index (χ3v) is 4.89. The maximum atomic E-state index is 13.2. The Morgan fingerprint density at radius 2 is 1.79 bits per heavy atom. The number of methoxy groups -OCH3 is 1. The Labute approximate surface area is 167 Å². The van der Waals surface area contributed by atoms with Crippen LogP contribution in [0.25, 0.3) is 0 Å². The maximum Gasteiger partial charge on any atom is 0.123 e. The summed E-state index contributed by atoms with van der Waals surface area (Å²) in [6.45, 7) is 6.40. The quantitative estimate of drug-likeness (QED) is 0.459. The zero-order valence-electron chi connectivity index (χ0n) is 16.8. The Balaban J connectivity index is 1.71. The Hall–Kier alpha value is -2.43. The van der Waals surface area contributed by atoms with E-state index in [9.17, 15) is 4.39 Å². The van der Waals surface area contributed by atoms with Gasteiger partial charge in [-0.25, -0.2) is 4.39 Å². The normalized spacial score (nSPS) is 11.3. The molecular formula is C24H29FN2O. The van der Waals surface area contributed by atoms with Gasteiger partial charge in [0.25, 0.3) is 0 Å². The fourth-order valence-corrected chi connectivity index (χ4v) is 3.48. The molecule has 28 heavy (non-hydrogen) atoms. The van der Waals surface area contributed by atoms with Crippen LogP contribution in [0.15, 0.2) is 66.9 Å². The van der Waals surface area contributed by atoms with Crippen LogP contribution >= 0.6 is 0 Å². The minimum Gasteiger partial charge on any atom is -0.385 e. The molecule has 0 amide bonds. The molecule has 0 radical (unpaired) electrons. The molecular weight excluding hydrogens is 351 g/mol. The van der Waals surface area contributed by atoms with Gasteiger partial charge in [0.15, 0.2) is 0 Å². The van der Waals surface area contributed by atoms with Crippen molar-refractivity contribution in [1.29, 1.82) is 0 Å². The number of halogens is 1. The number of hydrogen-bond acceptors (Lipinski definition) is 2. The molecule has 0 unspecified atom stereocenters. The number of ether oxygens (including phenoxy) is 1. The molecule has 0 bridgehead atoms. The molecule has 0 saturated heterocycles. The van der Waals surface area contributed by atoms with E-state index >= 15 is 0 Å². The number of aryl methyl sites for hydroxylation is 1. The maximum absolute atomic E-state index is 13.2. The first-order chi connectivity index (χ1) is 13.6. The summed E-state index contributed by atoms with van der Waals surface area (Å²) < 4.78 is 20.7. The average Bonchev–Trinajstić information content (AvgIpc) is 3.10. The zero-order valence-corrected chi connectivity index (χ0v) is 16.8. The lowest BCUT2D eigenvalue weighted by atomic mass is 10.1. The Bertz CT molecular complexity index is 857. The molecule has 0 spiro atoms. The van der Waals surface area contributed by atoms with E-state index in [1.165, 1.54) is 29.0 Å². The van der Waals surface area contributed by atoms with Crippen molar-refractivity contribution in [3.05, 3.63) is 95.1 Å². The summed E-state index contributed by atoms with van der Waals surface area (Å²) in [6, 6.07) is 19.7. The molecule has 3 nitrogen and oxygen atoms in total. The fourth-order valence-electron chi connectivity index (χ4n) is 3.48. The molecule has 0 fully saturated rings. The van der Waals surface area contributed by atoms with Gasteiger partial charge in [-0.2, -0.15) is 0 Å². The summed E-state index contributed by atoms with van der Waals surface area (Å²) in [5.41, 5.74) is 4.97. The van der Waals surface area contributed by atoms with Gasteiger partial charge < -0.3 is 9.30 Å². The standard InChI is InChI=1S/C24H29FN2O/c1-20-6-3-7-22(16-20)17-26(13-5-15-28-2)19-24-8-4-14-27(24)18-21-9-11-23(25)12-10-21/h3-4,6-12,14,16H,5,13,15,17-19H2,1-2H3. The van der Waals surface area contributed by atoms with Crippen molar-refractivity contribution in [1.82, 2.24) is 9.47 Å². The van der Waals surface area contributed by atoms with E-state index in [4.69, 9.17) is 4.74 Å². The van der Waals surface area contributed by atoms with Crippen molar-refractivity contribution >= 4 is 0 Å². The molecule has 0 aliphatic rings. The highest BCUT2D eigenvalue weighted by atomic mass is 19.1. The van der Waals surface area contributed by atoms with Crippen molar-refractivity contribution in [2.24, 2.45) is 0 Å². The molecule has 148 valence electrons. The van der Waals surface area contributed by atoms with E-state index in [1.807, 2.05) is 12.1 Å². The monoisotopic (exact) mass is 380 g/mol. The molecule has 3 rings (SSSR count). The third kappa shape index (κ3) is 6.04. The Morgan fingerprint density at radius 3 is 2.54 bits per heavy atom. The SMILES string of the molecule is COCCCN(Cc1cccc(C)c1)Cc1cccn1Cc1ccc(F)cc1. The second kappa shape index (κ2) is 10.2. The highest BCUT2D eigenvalue weighted by Gasteiger charge is 2.11. The first kappa shape index (κ1) is 20.3. The van der Waals surface area contributed by atoms with Gasteiger partial charge in [0.05, 0.1) is 0 Å². The van der Waals surface area contributed by atoms with Crippen LogP contribution in [0.5, 0.6) is 0 Å². The van der Waals surface area contributed by atoms with Crippen LogP contribution in [0, 0.1) is 12.7 Å². The lowest BCUT2D eigenvalue weighted by Gasteiger charge is -2.23. The number of benzene rings is 2. The van der Waals surface area contributed by atoms with E-state index < -0.39 is 0 Å². The highest BCUT2D eigenvalue weighted by molar-refractivity contribution is 5.22. The molecule has 3 aromatic rings. The van der Waals surface area contributed by atoms with Gasteiger partial charge >= 0.3 is 0 Å². The lowest BCUT2D eigenvalue weighted by molar-refractivity contribution is 0.165. The summed E-state index contributed by atoms with van der Waals surface area (Å²) >= 11 is 0. The molecule has 0 N–H and O–H groups in total. The van der Waals surface area contributed by atoms with Gasteiger partial charge in [0.1, 0.15) is 5.82 Å². The van der Waals surface area contributed by atoms with Crippen molar-refractivity contribution in [2.75, 3.05) is 20.3 Å². The van der Waals surface area contributed by atoms with Crippen LogP contribution in [0.2, 0.25) is 0 Å². The first-order valence-electron chi connectivity index (χ1n) is 9.79. The second-order valence-electron chi connectivity index (χ2n) is 7.30. The molecule has 0 saturated carbocycles. The Morgan fingerprint density at radius 1 is 0.964 bits per heavy atom. The molecule has 0 atom stereocenters. The first-order valence-corrected chi connectivity index (χ1v) is 9.79. The second-order valence-corrected chi connectivity index (χ2v) is 7.30. The van der Waals surface area contributed by atoms with Gasteiger partial charge in [0, 0.05) is 51.8 Å². The molecule has 0 aliphatic carbocycles. The van der Waals surface area contributed by atoms with E-state index in [0.29, 0.717) is 0 Å². The zero-order chi connectivity index (χ0) is 19.8. The van der Waals surface area contributed by atoms with Gasteiger partial charge in [0.2, 0.25) is 0 Å². The minimum absolute atomic E-state index is 0.195. The molecule has 1 heterocycles. The largest absolute Gasteiger partial charge is 0.385 e. The van der Waals surface area contributed by atoms with E-state index in [0.717, 1.165) is 44.8 Å². The van der Waals surface area contributed by atoms with Gasteiger partial charge in [-0.3, -0.25) is 4.90 Å². The number of rotatable bonds is 10. The third-order valence-electron chi connectivity index (χ3n) is 4.89. The van der Waals surface area contributed by atoms with Crippen LogP contribution < -0.4 is 0 Å². The lowest BCUT2D eigenvalue weighted by Crippen LogP contribution is -2.26. The summed E-state index contributed by atoms with van der Waals surface area (Å²) in [4.78, 5) is 2.46.